The fourth-order valence-electron chi connectivity index (χ4n) is 3.06. The molecule has 0 heterocycles. The number of nitrogens with two attached hydrogens (primary N) is 2. The largest absolute Gasteiger partial charge is 0.238 e. The van der Waals surface area contributed by atoms with E-state index >= 15 is 0 Å². The van der Waals surface area contributed by atoms with Crippen LogP contribution in [0.15, 0.2) is 58.3 Å². The number of rotatable bonds is 11. The lowest BCUT2D eigenvalue weighted by atomic mass is 10.0. The Morgan fingerprint density at radius 1 is 0.500 bits per heavy atom. The van der Waals surface area contributed by atoms with Crippen LogP contribution < -0.4 is 10.3 Å². The lowest BCUT2D eigenvalue weighted by Gasteiger charge is -2.05. The minimum Gasteiger partial charge on any atom is -0.225 e. The fraction of sp³-hybridized carbons (Fsp3) is 0.400. The Hall–Kier alpha value is -1.74. The van der Waals surface area contributed by atoms with E-state index in [4.69, 9.17) is 10.3 Å². The van der Waals surface area contributed by atoms with Crippen molar-refractivity contribution in [1.82, 2.24) is 0 Å². The lowest BCUT2D eigenvalue weighted by molar-refractivity contribution is 0.592. The first kappa shape index (κ1) is 22.5. The number of primary sulfonamides is 2. The van der Waals surface area contributed by atoms with Crippen LogP contribution in [0.25, 0.3) is 0 Å². The van der Waals surface area contributed by atoms with Gasteiger partial charge in [0.05, 0.1) is 9.79 Å². The van der Waals surface area contributed by atoms with Crippen LogP contribution in [0.2, 0.25) is 0 Å². The van der Waals surface area contributed by atoms with Crippen LogP contribution in [0.4, 0.5) is 0 Å². The summed E-state index contributed by atoms with van der Waals surface area (Å²) in [5.41, 5.74) is 2.24. The summed E-state index contributed by atoms with van der Waals surface area (Å²) in [6.07, 6.45) is 8.62. The molecule has 0 aromatic heterocycles. The molecule has 0 aliphatic carbocycles. The molecular formula is C20H28N2O4S2. The molecule has 0 aliphatic rings. The molecule has 4 N–H and O–H groups in total. The monoisotopic (exact) mass is 424 g/mol. The molecule has 2 rings (SSSR count). The summed E-state index contributed by atoms with van der Waals surface area (Å²) in [4.78, 5) is 0.297. The smallest absolute Gasteiger partial charge is 0.225 e. The first-order valence-electron chi connectivity index (χ1n) is 9.40. The summed E-state index contributed by atoms with van der Waals surface area (Å²) >= 11 is 0. The summed E-state index contributed by atoms with van der Waals surface area (Å²) in [6.45, 7) is 0. The molecule has 28 heavy (non-hydrogen) atoms. The highest BCUT2D eigenvalue weighted by molar-refractivity contribution is 7.89. The van der Waals surface area contributed by atoms with Crippen LogP contribution in [0.5, 0.6) is 0 Å². The summed E-state index contributed by atoms with van der Waals surface area (Å²) in [6, 6.07) is 13.5. The Bertz CT molecular complexity index is 871. The third kappa shape index (κ3) is 7.71. The first-order chi connectivity index (χ1) is 13.2. The molecule has 0 fully saturated rings. The third-order valence-electron chi connectivity index (χ3n) is 4.68. The van der Waals surface area contributed by atoms with E-state index in [9.17, 15) is 16.8 Å². The summed E-state index contributed by atoms with van der Waals surface area (Å²) in [7, 11) is -7.24. The van der Waals surface area contributed by atoms with Crippen LogP contribution >= 0.6 is 0 Å². The van der Waals surface area contributed by atoms with Gasteiger partial charge < -0.3 is 0 Å². The van der Waals surface area contributed by atoms with Crippen molar-refractivity contribution in [1.29, 1.82) is 0 Å². The van der Waals surface area contributed by atoms with E-state index in [-0.39, 0.29) is 9.79 Å². The van der Waals surface area contributed by atoms with Gasteiger partial charge in [0, 0.05) is 0 Å². The minimum atomic E-state index is -3.62. The molecule has 0 radical (unpaired) electrons. The Kier molecular flexibility index (Phi) is 8.18. The van der Waals surface area contributed by atoms with E-state index in [0.717, 1.165) is 49.7 Å². The highest BCUT2D eigenvalue weighted by Crippen LogP contribution is 2.15. The van der Waals surface area contributed by atoms with Gasteiger partial charge in [-0.2, -0.15) is 0 Å². The molecule has 0 spiro atoms. The zero-order chi connectivity index (χ0) is 20.6. The topological polar surface area (TPSA) is 120 Å². The number of benzene rings is 2. The van der Waals surface area contributed by atoms with Gasteiger partial charge in [-0.05, 0) is 61.1 Å². The third-order valence-corrected chi connectivity index (χ3v) is 6.54. The molecule has 2 aromatic rings. The van der Waals surface area contributed by atoms with Crippen molar-refractivity contribution < 1.29 is 16.8 Å². The molecule has 0 aliphatic heterocycles. The van der Waals surface area contributed by atoms with E-state index in [1.54, 1.807) is 24.3 Å². The molecule has 0 unspecified atom stereocenters. The highest BCUT2D eigenvalue weighted by atomic mass is 32.2. The van der Waals surface area contributed by atoms with Crippen molar-refractivity contribution in [2.75, 3.05) is 0 Å². The van der Waals surface area contributed by atoms with E-state index in [1.807, 2.05) is 24.3 Å². The molecule has 2 aromatic carbocycles. The van der Waals surface area contributed by atoms with Crippen LogP contribution in [-0.4, -0.2) is 16.8 Å². The van der Waals surface area contributed by atoms with E-state index in [2.05, 4.69) is 0 Å². The van der Waals surface area contributed by atoms with E-state index < -0.39 is 20.0 Å². The van der Waals surface area contributed by atoms with Gasteiger partial charge in [-0.1, -0.05) is 49.9 Å². The summed E-state index contributed by atoms with van der Waals surface area (Å²) in [5.74, 6) is 0. The molecule has 6 nitrogen and oxygen atoms in total. The number of unbranched alkanes of at least 4 members (excludes halogenated alkanes) is 5. The predicted octanol–water partition coefficient (Wildman–Crippen LogP) is 3.11. The van der Waals surface area contributed by atoms with Gasteiger partial charge in [0.25, 0.3) is 0 Å². The standard InChI is InChI=1S/C20H28N2O4S2/c21-27(23,24)19-13-9-17(10-14-19)7-5-3-1-2-4-6-8-18-11-15-20(16-12-18)28(22,25)26/h9-16H,1-8H2,(H2,21,23,24)(H2,22,25,26). The minimum absolute atomic E-state index is 0.149. The number of sulfonamides is 2. The zero-order valence-corrected chi connectivity index (χ0v) is 17.5. The molecule has 0 amide bonds. The van der Waals surface area contributed by atoms with Gasteiger partial charge in [-0.3, -0.25) is 0 Å². The van der Waals surface area contributed by atoms with Gasteiger partial charge in [-0.15, -0.1) is 0 Å². The second-order valence-electron chi connectivity index (χ2n) is 7.00. The molecule has 0 saturated heterocycles. The lowest BCUT2D eigenvalue weighted by Crippen LogP contribution is -2.11. The van der Waals surface area contributed by atoms with Crippen LogP contribution in [0.1, 0.15) is 49.7 Å². The van der Waals surface area contributed by atoms with Crippen molar-refractivity contribution in [2.45, 2.75) is 61.2 Å². The second kappa shape index (κ2) is 10.2. The van der Waals surface area contributed by atoms with Gasteiger partial charge >= 0.3 is 0 Å². The Labute approximate surface area is 168 Å². The van der Waals surface area contributed by atoms with Crippen molar-refractivity contribution in [3.63, 3.8) is 0 Å². The van der Waals surface area contributed by atoms with E-state index in [1.165, 1.54) is 12.8 Å². The van der Waals surface area contributed by atoms with Crippen molar-refractivity contribution in [2.24, 2.45) is 10.3 Å². The Morgan fingerprint density at radius 2 is 0.786 bits per heavy atom. The van der Waals surface area contributed by atoms with Gasteiger partial charge in [-0.25, -0.2) is 27.1 Å². The van der Waals surface area contributed by atoms with Crippen molar-refractivity contribution >= 4 is 20.0 Å². The molecular weight excluding hydrogens is 396 g/mol. The predicted molar refractivity (Wildman–Crippen MR) is 111 cm³/mol. The number of aryl methyl sites for hydroxylation is 2. The second-order valence-corrected chi connectivity index (χ2v) is 10.1. The quantitative estimate of drug-likeness (QED) is 0.538. The van der Waals surface area contributed by atoms with Crippen molar-refractivity contribution in [3.05, 3.63) is 59.7 Å². The molecule has 0 atom stereocenters. The normalized spacial score (nSPS) is 12.2. The fourth-order valence-corrected chi connectivity index (χ4v) is 4.09. The zero-order valence-electron chi connectivity index (χ0n) is 15.9. The Balaban J connectivity index is 1.57. The average Bonchev–Trinajstić information content (AvgIpc) is 2.63. The van der Waals surface area contributed by atoms with E-state index in [0.29, 0.717) is 0 Å². The molecule has 0 saturated carbocycles. The first-order valence-corrected chi connectivity index (χ1v) is 12.5. The maximum absolute atomic E-state index is 11.2. The molecule has 0 bridgehead atoms. The SMILES string of the molecule is NS(=O)(=O)c1ccc(CCCCCCCCc2ccc(S(N)(=O)=O)cc2)cc1. The van der Waals surface area contributed by atoms with Gasteiger partial charge in [0.1, 0.15) is 0 Å². The maximum Gasteiger partial charge on any atom is 0.238 e. The van der Waals surface area contributed by atoms with Gasteiger partial charge in [0.15, 0.2) is 0 Å². The van der Waals surface area contributed by atoms with Crippen LogP contribution in [0, 0.1) is 0 Å². The van der Waals surface area contributed by atoms with Crippen molar-refractivity contribution in [3.8, 4) is 0 Å². The number of hydrogen-bond acceptors (Lipinski definition) is 4. The number of hydrogen-bond donors (Lipinski definition) is 2. The van der Waals surface area contributed by atoms with Crippen LogP contribution in [-0.2, 0) is 32.9 Å². The maximum atomic E-state index is 11.2. The van der Waals surface area contributed by atoms with Crippen LogP contribution in [0.3, 0.4) is 0 Å². The van der Waals surface area contributed by atoms with Gasteiger partial charge in [0.2, 0.25) is 20.0 Å². The molecule has 8 heteroatoms. The molecule has 154 valence electrons. The Morgan fingerprint density at radius 3 is 1.07 bits per heavy atom. The summed E-state index contributed by atoms with van der Waals surface area (Å²) in [5, 5.41) is 10.2. The average molecular weight is 425 g/mol. The highest BCUT2D eigenvalue weighted by Gasteiger charge is 2.07. The summed E-state index contributed by atoms with van der Waals surface area (Å²) < 4.78 is 44.9.